The van der Waals surface area contributed by atoms with Gasteiger partial charge in [0.15, 0.2) is 0 Å². The number of β-amino-alcohol motifs (C(OH)–C–C–N with tert-alkyl or cyclic N) is 1. The molecule has 1 aromatic heterocycles. The first kappa shape index (κ1) is 11.1. The fourth-order valence-corrected chi connectivity index (χ4v) is 2.02. The van der Waals surface area contributed by atoms with Crippen LogP contribution >= 0.6 is 0 Å². The van der Waals surface area contributed by atoms with Gasteiger partial charge in [0.2, 0.25) is 5.91 Å². The minimum atomic E-state index is -0.737. The second-order valence-corrected chi connectivity index (χ2v) is 4.67. The highest BCUT2D eigenvalue weighted by molar-refractivity contribution is 5.80. The maximum absolute atomic E-state index is 12.1. The van der Waals surface area contributed by atoms with E-state index in [-0.39, 0.29) is 11.9 Å². The van der Waals surface area contributed by atoms with Gasteiger partial charge in [-0.3, -0.25) is 9.48 Å². The highest BCUT2D eigenvalue weighted by Crippen LogP contribution is 2.22. The number of carbonyl (C=O) groups excluding carboxylic acids is 1. The molecular weight excluding hydrogens is 206 g/mol. The average molecular weight is 223 g/mol. The number of amides is 1. The number of likely N-dealkylation sites (tertiary alicyclic amines) is 1. The molecule has 0 aliphatic carbocycles. The van der Waals surface area contributed by atoms with Gasteiger partial charge >= 0.3 is 0 Å². The third-order valence-electron chi connectivity index (χ3n) is 3.04. The van der Waals surface area contributed by atoms with E-state index in [0.29, 0.717) is 19.5 Å². The third kappa shape index (κ3) is 2.09. The molecule has 0 bridgehead atoms. The zero-order valence-corrected chi connectivity index (χ0v) is 9.63. The zero-order valence-electron chi connectivity index (χ0n) is 9.63. The number of hydrogen-bond acceptors (Lipinski definition) is 3. The van der Waals surface area contributed by atoms with Crippen LogP contribution in [0.25, 0.3) is 0 Å². The fraction of sp³-hybridized carbons (Fsp3) is 0.636. The van der Waals surface area contributed by atoms with Crippen LogP contribution in [0.3, 0.4) is 0 Å². The van der Waals surface area contributed by atoms with E-state index in [9.17, 15) is 9.90 Å². The van der Waals surface area contributed by atoms with Crippen LogP contribution in [0.5, 0.6) is 0 Å². The molecular formula is C11H17N3O2. The lowest BCUT2D eigenvalue weighted by Gasteiger charge is -2.22. The SMILES string of the molecule is CC(C(=O)N1CCC(C)(O)C1)n1cccn1. The lowest BCUT2D eigenvalue weighted by atomic mass is 10.1. The molecule has 1 aliphatic rings. The van der Waals surface area contributed by atoms with Crippen molar-refractivity contribution in [2.75, 3.05) is 13.1 Å². The summed E-state index contributed by atoms with van der Waals surface area (Å²) in [5.74, 6) is 0.0153. The second-order valence-electron chi connectivity index (χ2n) is 4.67. The summed E-state index contributed by atoms with van der Waals surface area (Å²) >= 11 is 0. The molecule has 2 unspecified atom stereocenters. The van der Waals surface area contributed by atoms with Crippen molar-refractivity contribution in [3.05, 3.63) is 18.5 Å². The maximum Gasteiger partial charge on any atom is 0.247 e. The summed E-state index contributed by atoms with van der Waals surface area (Å²) in [5, 5.41) is 13.9. The smallest absolute Gasteiger partial charge is 0.247 e. The standard InChI is InChI=1S/C11H17N3O2/c1-9(14-6-3-5-12-14)10(15)13-7-4-11(2,16)8-13/h3,5-6,9,16H,4,7-8H2,1-2H3. The summed E-state index contributed by atoms with van der Waals surface area (Å²) in [7, 11) is 0. The van der Waals surface area contributed by atoms with E-state index in [1.165, 1.54) is 0 Å². The van der Waals surface area contributed by atoms with Gasteiger partial charge in [-0.15, -0.1) is 0 Å². The van der Waals surface area contributed by atoms with Crippen molar-refractivity contribution in [2.45, 2.75) is 31.9 Å². The van der Waals surface area contributed by atoms with E-state index in [1.807, 2.05) is 6.92 Å². The average Bonchev–Trinajstić information content (AvgIpc) is 2.84. The molecule has 1 fully saturated rings. The van der Waals surface area contributed by atoms with Crippen molar-refractivity contribution in [3.8, 4) is 0 Å². The number of rotatable bonds is 2. The van der Waals surface area contributed by atoms with E-state index in [1.54, 1.807) is 35.0 Å². The van der Waals surface area contributed by atoms with E-state index < -0.39 is 5.60 Å². The Bertz CT molecular complexity index is 373. The number of nitrogens with zero attached hydrogens (tertiary/aromatic N) is 3. The summed E-state index contributed by atoms with van der Waals surface area (Å²) < 4.78 is 1.63. The summed E-state index contributed by atoms with van der Waals surface area (Å²) in [4.78, 5) is 13.8. The molecule has 5 heteroatoms. The van der Waals surface area contributed by atoms with Crippen LogP contribution in [0.1, 0.15) is 26.3 Å². The molecule has 2 rings (SSSR count). The monoisotopic (exact) mass is 223 g/mol. The van der Waals surface area contributed by atoms with Gasteiger partial charge in [-0.1, -0.05) is 0 Å². The highest BCUT2D eigenvalue weighted by atomic mass is 16.3. The molecule has 2 heterocycles. The lowest BCUT2D eigenvalue weighted by Crippen LogP contribution is -2.37. The molecule has 88 valence electrons. The van der Waals surface area contributed by atoms with Crippen molar-refractivity contribution in [1.82, 2.24) is 14.7 Å². The quantitative estimate of drug-likeness (QED) is 0.791. The van der Waals surface area contributed by atoms with Gasteiger partial charge in [-0.25, -0.2) is 0 Å². The van der Waals surface area contributed by atoms with Gasteiger partial charge < -0.3 is 10.0 Å². The summed E-state index contributed by atoms with van der Waals surface area (Å²) in [5.41, 5.74) is -0.737. The van der Waals surface area contributed by atoms with Crippen molar-refractivity contribution in [1.29, 1.82) is 0 Å². The predicted molar refractivity (Wildman–Crippen MR) is 58.8 cm³/mol. The normalized spacial score (nSPS) is 27.1. The Hall–Kier alpha value is -1.36. The Labute approximate surface area is 94.7 Å². The van der Waals surface area contributed by atoms with Crippen LogP contribution in [-0.4, -0.2) is 44.4 Å². The first-order chi connectivity index (χ1) is 7.49. The van der Waals surface area contributed by atoms with Crippen molar-refractivity contribution in [2.24, 2.45) is 0 Å². The Morgan fingerprint density at radius 3 is 2.88 bits per heavy atom. The van der Waals surface area contributed by atoms with Crippen LogP contribution in [0.4, 0.5) is 0 Å². The van der Waals surface area contributed by atoms with Gasteiger partial charge in [-0.2, -0.15) is 5.10 Å². The predicted octanol–water partition coefficient (Wildman–Crippen LogP) is 0.427. The summed E-state index contributed by atoms with van der Waals surface area (Å²) in [6.07, 6.45) is 4.07. The van der Waals surface area contributed by atoms with Gasteiger partial charge in [0, 0.05) is 25.5 Å². The van der Waals surface area contributed by atoms with E-state index >= 15 is 0 Å². The molecule has 5 nitrogen and oxygen atoms in total. The molecule has 1 aromatic rings. The van der Waals surface area contributed by atoms with Crippen LogP contribution < -0.4 is 0 Å². The van der Waals surface area contributed by atoms with E-state index in [2.05, 4.69) is 5.10 Å². The van der Waals surface area contributed by atoms with Crippen molar-refractivity contribution < 1.29 is 9.90 Å². The first-order valence-corrected chi connectivity index (χ1v) is 5.50. The third-order valence-corrected chi connectivity index (χ3v) is 3.04. The molecule has 16 heavy (non-hydrogen) atoms. The minimum Gasteiger partial charge on any atom is -0.388 e. The molecule has 0 radical (unpaired) electrons. The van der Waals surface area contributed by atoms with Gasteiger partial charge in [0.05, 0.1) is 5.60 Å². The topological polar surface area (TPSA) is 58.4 Å². The molecule has 1 N–H and O–H groups in total. The molecule has 2 atom stereocenters. The fourth-order valence-electron chi connectivity index (χ4n) is 2.02. The van der Waals surface area contributed by atoms with Crippen molar-refractivity contribution >= 4 is 5.91 Å². The molecule has 1 aliphatic heterocycles. The van der Waals surface area contributed by atoms with E-state index in [0.717, 1.165) is 0 Å². The zero-order chi connectivity index (χ0) is 11.8. The number of aliphatic hydroxyl groups is 1. The maximum atomic E-state index is 12.1. The Kier molecular flexibility index (Phi) is 2.71. The highest BCUT2D eigenvalue weighted by Gasteiger charge is 2.35. The van der Waals surface area contributed by atoms with Crippen molar-refractivity contribution in [3.63, 3.8) is 0 Å². The van der Waals surface area contributed by atoms with Gasteiger partial charge in [0.1, 0.15) is 6.04 Å². The van der Waals surface area contributed by atoms with Gasteiger partial charge in [-0.05, 0) is 26.3 Å². The molecule has 1 amide bonds. The molecule has 0 saturated carbocycles. The number of aromatic nitrogens is 2. The Balaban J connectivity index is 2.04. The first-order valence-electron chi connectivity index (χ1n) is 5.50. The number of hydrogen-bond donors (Lipinski definition) is 1. The van der Waals surface area contributed by atoms with E-state index in [4.69, 9.17) is 0 Å². The van der Waals surface area contributed by atoms with Crippen LogP contribution in [0.2, 0.25) is 0 Å². The molecule has 0 aromatic carbocycles. The van der Waals surface area contributed by atoms with Gasteiger partial charge in [0.25, 0.3) is 0 Å². The van der Waals surface area contributed by atoms with Crippen LogP contribution in [0, 0.1) is 0 Å². The minimum absolute atomic E-state index is 0.0153. The molecule has 0 spiro atoms. The largest absolute Gasteiger partial charge is 0.388 e. The number of carbonyl (C=O) groups is 1. The summed E-state index contributed by atoms with van der Waals surface area (Å²) in [6, 6.07) is 1.49. The molecule has 1 saturated heterocycles. The Morgan fingerprint density at radius 1 is 1.62 bits per heavy atom. The summed E-state index contributed by atoms with van der Waals surface area (Å²) in [6.45, 7) is 4.62. The Morgan fingerprint density at radius 2 is 2.38 bits per heavy atom. The van der Waals surface area contributed by atoms with Crippen LogP contribution in [0.15, 0.2) is 18.5 Å². The lowest BCUT2D eigenvalue weighted by molar-refractivity contribution is -0.134. The van der Waals surface area contributed by atoms with Crippen LogP contribution in [-0.2, 0) is 4.79 Å². The second kappa shape index (κ2) is 3.90.